The van der Waals surface area contributed by atoms with E-state index in [1.807, 2.05) is 6.92 Å². The first-order valence-corrected chi connectivity index (χ1v) is 8.82. The number of nitrogens with zero attached hydrogens (tertiary/aromatic N) is 2. The highest BCUT2D eigenvalue weighted by molar-refractivity contribution is 9.10. The molecule has 21 heavy (non-hydrogen) atoms. The number of anilines is 1. The zero-order chi connectivity index (χ0) is 15.9. The summed E-state index contributed by atoms with van der Waals surface area (Å²) < 4.78 is 7.03. The molecule has 4 nitrogen and oxygen atoms in total. The summed E-state index contributed by atoms with van der Waals surface area (Å²) in [5, 5.41) is 3.32. The van der Waals surface area contributed by atoms with Crippen LogP contribution in [-0.2, 0) is 16.8 Å². The Balaban J connectivity index is 3.38. The molecule has 0 amide bonds. The molecule has 0 aliphatic heterocycles. The smallest absolute Gasteiger partial charge is 0.162 e. The van der Waals surface area contributed by atoms with Gasteiger partial charge in [-0.15, -0.1) is 0 Å². The molecule has 0 aromatic carbocycles. The first-order valence-electron chi connectivity index (χ1n) is 8.03. The lowest BCUT2D eigenvalue weighted by Gasteiger charge is -2.31. The minimum atomic E-state index is -0.387. The van der Waals surface area contributed by atoms with Gasteiger partial charge in [0.1, 0.15) is 11.4 Å². The molecule has 0 atom stereocenters. The van der Waals surface area contributed by atoms with Crippen LogP contribution in [0.3, 0.4) is 0 Å². The Morgan fingerprint density at radius 2 is 1.76 bits per heavy atom. The predicted octanol–water partition coefficient (Wildman–Crippen LogP) is 4.68. The summed E-state index contributed by atoms with van der Waals surface area (Å²) in [7, 11) is 0. The van der Waals surface area contributed by atoms with Crippen LogP contribution in [0, 0.1) is 0 Å². The first kappa shape index (κ1) is 18.4. The van der Waals surface area contributed by atoms with Gasteiger partial charge in [0.25, 0.3) is 0 Å². The minimum Gasteiger partial charge on any atom is -0.369 e. The second kappa shape index (κ2) is 8.69. The van der Waals surface area contributed by atoms with Gasteiger partial charge in [0.05, 0.1) is 10.2 Å². The molecule has 1 aromatic rings. The van der Waals surface area contributed by atoms with Crippen LogP contribution in [0.4, 0.5) is 5.82 Å². The lowest BCUT2D eigenvalue weighted by atomic mass is 9.95. The lowest BCUT2D eigenvalue weighted by Crippen LogP contribution is -2.31. The van der Waals surface area contributed by atoms with Crippen molar-refractivity contribution in [2.24, 2.45) is 0 Å². The fourth-order valence-electron chi connectivity index (χ4n) is 2.50. The van der Waals surface area contributed by atoms with Gasteiger partial charge in [0.15, 0.2) is 5.82 Å². The van der Waals surface area contributed by atoms with E-state index in [9.17, 15) is 0 Å². The van der Waals surface area contributed by atoms with Gasteiger partial charge in [-0.2, -0.15) is 0 Å². The van der Waals surface area contributed by atoms with Crippen LogP contribution in [0.25, 0.3) is 0 Å². The van der Waals surface area contributed by atoms with Crippen LogP contribution in [-0.4, -0.2) is 23.1 Å². The second-order valence-electron chi connectivity index (χ2n) is 5.07. The average Bonchev–Trinajstić information content (AvgIpc) is 2.49. The highest BCUT2D eigenvalue weighted by Gasteiger charge is 2.33. The Morgan fingerprint density at radius 3 is 2.24 bits per heavy atom. The number of aryl methyl sites for hydroxylation is 1. The van der Waals surface area contributed by atoms with Crippen molar-refractivity contribution in [1.29, 1.82) is 0 Å². The normalized spacial score (nSPS) is 11.7. The Morgan fingerprint density at radius 1 is 1.10 bits per heavy atom. The summed E-state index contributed by atoms with van der Waals surface area (Å²) in [4.78, 5) is 9.56. The Hall–Kier alpha value is -0.680. The number of nitrogens with one attached hydrogen (secondary N) is 1. The SMILES string of the molecule is CCCc1nc(C(CC)(CC)OCC)nc(NCC)c1Br. The Bertz CT molecular complexity index is 420. The maximum atomic E-state index is 6.05. The zero-order valence-electron chi connectivity index (χ0n) is 13.9. The fraction of sp³-hybridized carbons (Fsp3) is 0.750. The third kappa shape index (κ3) is 4.16. The van der Waals surface area contributed by atoms with Gasteiger partial charge in [-0.1, -0.05) is 27.2 Å². The molecule has 0 unspecified atom stereocenters. The van der Waals surface area contributed by atoms with E-state index in [2.05, 4.69) is 48.9 Å². The van der Waals surface area contributed by atoms with Gasteiger partial charge < -0.3 is 10.1 Å². The van der Waals surface area contributed by atoms with Crippen LogP contribution >= 0.6 is 15.9 Å². The first-order chi connectivity index (χ1) is 10.1. The molecule has 1 aromatic heterocycles. The number of hydrogen-bond acceptors (Lipinski definition) is 4. The number of ether oxygens (including phenoxy) is 1. The standard InChI is InChI=1S/C16H28BrN3O/c1-6-11-12-13(17)14(18-9-4)20-15(19-12)16(7-2,8-3)21-10-5/h6-11H2,1-5H3,(H,18,19,20). The molecule has 0 saturated carbocycles. The number of hydrogen-bond donors (Lipinski definition) is 1. The molecule has 0 bridgehead atoms. The molecule has 0 fully saturated rings. The maximum absolute atomic E-state index is 6.05. The summed E-state index contributed by atoms with van der Waals surface area (Å²) in [6, 6.07) is 0. The molecule has 1 rings (SSSR count). The molecule has 0 spiro atoms. The van der Waals surface area contributed by atoms with Crippen LogP contribution in [0.2, 0.25) is 0 Å². The van der Waals surface area contributed by atoms with E-state index in [1.165, 1.54) is 0 Å². The van der Waals surface area contributed by atoms with Gasteiger partial charge >= 0.3 is 0 Å². The third-order valence-electron chi connectivity index (χ3n) is 3.72. The molecule has 5 heteroatoms. The molecule has 120 valence electrons. The van der Waals surface area contributed by atoms with Crippen molar-refractivity contribution in [2.45, 2.75) is 65.9 Å². The van der Waals surface area contributed by atoms with E-state index in [4.69, 9.17) is 14.7 Å². The number of rotatable bonds is 9. The van der Waals surface area contributed by atoms with Gasteiger partial charge in [-0.3, -0.25) is 0 Å². The topological polar surface area (TPSA) is 47.0 Å². The average molecular weight is 358 g/mol. The molecular weight excluding hydrogens is 330 g/mol. The van der Waals surface area contributed by atoms with Crippen LogP contribution in [0.1, 0.15) is 65.4 Å². The molecule has 1 N–H and O–H groups in total. The molecular formula is C16H28BrN3O. The quantitative estimate of drug-likeness (QED) is 0.697. The highest BCUT2D eigenvalue weighted by Crippen LogP contribution is 2.34. The van der Waals surface area contributed by atoms with E-state index in [0.29, 0.717) is 6.61 Å². The van der Waals surface area contributed by atoms with Crippen LogP contribution < -0.4 is 5.32 Å². The molecule has 0 saturated heterocycles. The van der Waals surface area contributed by atoms with Gasteiger partial charge in [0.2, 0.25) is 0 Å². The summed E-state index contributed by atoms with van der Waals surface area (Å²) in [5.41, 5.74) is 0.673. The summed E-state index contributed by atoms with van der Waals surface area (Å²) in [5.74, 6) is 1.67. The molecule has 0 aliphatic carbocycles. The minimum absolute atomic E-state index is 0.387. The van der Waals surface area contributed by atoms with Gasteiger partial charge in [-0.25, -0.2) is 9.97 Å². The summed E-state index contributed by atoms with van der Waals surface area (Å²) >= 11 is 3.64. The molecule has 1 heterocycles. The largest absolute Gasteiger partial charge is 0.369 e. The van der Waals surface area contributed by atoms with Crippen LogP contribution in [0.15, 0.2) is 4.47 Å². The Labute approximate surface area is 137 Å². The van der Waals surface area contributed by atoms with E-state index >= 15 is 0 Å². The van der Waals surface area contributed by atoms with Gasteiger partial charge in [-0.05, 0) is 49.0 Å². The van der Waals surface area contributed by atoms with E-state index in [0.717, 1.165) is 54.0 Å². The predicted molar refractivity (Wildman–Crippen MR) is 91.8 cm³/mol. The van der Waals surface area contributed by atoms with Crippen molar-refractivity contribution in [2.75, 3.05) is 18.5 Å². The highest BCUT2D eigenvalue weighted by atomic mass is 79.9. The van der Waals surface area contributed by atoms with E-state index in [-0.39, 0.29) is 5.60 Å². The van der Waals surface area contributed by atoms with Crippen molar-refractivity contribution >= 4 is 21.7 Å². The van der Waals surface area contributed by atoms with Gasteiger partial charge in [0, 0.05) is 13.2 Å². The Kier molecular flexibility index (Phi) is 7.60. The van der Waals surface area contributed by atoms with Crippen molar-refractivity contribution in [3.05, 3.63) is 16.0 Å². The van der Waals surface area contributed by atoms with E-state index in [1.54, 1.807) is 0 Å². The van der Waals surface area contributed by atoms with Crippen molar-refractivity contribution < 1.29 is 4.74 Å². The fourth-order valence-corrected chi connectivity index (χ4v) is 3.01. The zero-order valence-corrected chi connectivity index (χ0v) is 15.5. The number of halogens is 1. The van der Waals surface area contributed by atoms with Crippen molar-refractivity contribution in [3.63, 3.8) is 0 Å². The van der Waals surface area contributed by atoms with Crippen molar-refractivity contribution in [3.8, 4) is 0 Å². The molecule has 0 aliphatic rings. The summed E-state index contributed by atoms with van der Waals surface area (Å²) in [6.45, 7) is 12.0. The summed E-state index contributed by atoms with van der Waals surface area (Å²) in [6.07, 6.45) is 3.73. The third-order valence-corrected chi connectivity index (χ3v) is 4.55. The van der Waals surface area contributed by atoms with Crippen LogP contribution in [0.5, 0.6) is 0 Å². The molecule has 0 radical (unpaired) electrons. The second-order valence-corrected chi connectivity index (χ2v) is 5.86. The number of aromatic nitrogens is 2. The monoisotopic (exact) mass is 357 g/mol. The lowest BCUT2D eigenvalue weighted by molar-refractivity contribution is -0.0572. The van der Waals surface area contributed by atoms with Crippen molar-refractivity contribution in [1.82, 2.24) is 9.97 Å². The van der Waals surface area contributed by atoms with E-state index < -0.39 is 0 Å². The maximum Gasteiger partial charge on any atom is 0.162 e.